The van der Waals surface area contributed by atoms with Crippen molar-refractivity contribution in [3.8, 4) is 68.7 Å². The maximum absolute atomic E-state index is 13.5. The lowest BCUT2D eigenvalue weighted by atomic mass is 10.1. The highest BCUT2D eigenvalue weighted by Gasteiger charge is 2.26. The van der Waals surface area contributed by atoms with Gasteiger partial charge in [-0.15, -0.1) is 0 Å². The Morgan fingerprint density at radius 3 is 0.915 bits per heavy atom. The molecule has 17 heteroatoms. The standard InChI is InChI=1S/C65H95N3O14/c1-42(2)25-17-13-21-35-75-62(71)46(9)79-50-29-32-53(56(69)39-50)59-66-60(54-33-30-51(40-57(54)70)80-47(10)63(72)76-36-22-14-18-26-43(3)4)68-61(67-59)55-34-31-52(81-48(11)64(73)77-37-23-15-19-27-44(5)6)41-58(55)82-49(12)65(74)78-38-24-16-20-28-45(7)8/h29-34,39-49,69-70H,13-28,35-38H2,1-12H3. The second-order valence-electron chi connectivity index (χ2n) is 23.0. The quantitative estimate of drug-likeness (QED) is 0.0241. The summed E-state index contributed by atoms with van der Waals surface area (Å²) in [6.45, 7) is 24.7. The lowest BCUT2D eigenvalue weighted by Gasteiger charge is -2.19. The molecular weight excluding hydrogens is 1050 g/mol. The van der Waals surface area contributed by atoms with Crippen molar-refractivity contribution >= 4 is 23.9 Å². The number of phenols is 2. The van der Waals surface area contributed by atoms with Gasteiger partial charge in [0.1, 0.15) is 34.5 Å². The van der Waals surface area contributed by atoms with Crippen molar-refractivity contribution in [2.45, 2.75) is 210 Å². The Bertz CT molecular complexity index is 2480. The zero-order chi connectivity index (χ0) is 60.1. The minimum atomic E-state index is -1.14. The van der Waals surface area contributed by atoms with Gasteiger partial charge in [0.2, 0.25) is 0 Å². The van der Waals surface area contributed by atoms with Gasteiger partial charge < -0.3 is 48.1 Å². The zero-order valence-electron chi connectivity index (χ0n) is 51.1. The minimum absolute atomic E-state index is 0.0159. The van der Waals surface area contributed by atoms with Crippen molar-refractivity contribution in [1.82, 2.24) is 15.0 Å². The number of benzene rings is 3. The predicted molar refractivity (Wildman–Crippen MR) is 317 cm³/mol. The average Bonchev–Trinajstić information content (AvgIpc) is 3.48. The Morgan fingerprint density at radius 2 is 0.622 bits per heavy atom. The molecule has 454 valence electrons. The number of phenolic OH excluding ortho intramolecular Hbond substituents is 2. The van der Waals surface area contributed by atoms with Crippen molar-refractivity contribution in [3.63, 3.8) is 0 Å². The summed E-state index contributed by atoms with van der Waals surface area (Å²) < 4.78 is 46.5. The molecule has 0 fully saturated rings. The number of nitrogens with zero attached hydrogens (tertiary/aromatic N) is 3. The van der Waals surface area contributed by atoms with Crippen LogP contribution in [0.1, 0.15) is 186 Å². The summed E-state index contributed by atoms with van der Waals surface area (Å²) in [5.74, 6) is 0.0466. The predicted octanol–water partition coefficient (Wildman–Crippen LogP) is 14.4. The van der Waals surface area contributed by atoms with Crippen LogP contribution in [0, 0.1) is 23.7 Å². The molecule has 3 aromatic carbocycles. The maximum atomic E-state index is 13.5. The van der Waals surface area contributed by atoms with Gasteiger partial charge in [-0.3, -0.25) is 0 Å². The fraction of sp³-hybridized carbons (Fsp3) is 0.615. The highest BCUT2D eigenvalue weighted by molar-refractivity contribution is 5.79. The first-order chi connectivity index (χ1) is 39.1. The van der Waals surface area contributed by atoms with Crippen LogP contribution in [0.15, 0.2) is 54.6 Å². The van der Waals surface area contributed by atoms with Crippen LogP contribution in [0.4, 0.5) is 0 Å². The van der Waals surface area contributed by atoms with Crippen molar-refractivity contribution in [3.05, 3.63) is 54.6 Å². The number of carbonyl (C=O) groups is 4. The van der Waals surface area contributed by atoms with E-state index < -0.39 is 48.3 Å². The maximum Gasteiger partial charge on any atom is 0.347 e. The van der Waals surface area contributed by atoms with Crippen molar-refractivity contribution in [2.24, 2.45) is 23.7 Å². The highest BCUT2D eigenvalue weighted by Crippen LogP contribution is 2.39. The summed E-state index contributed by atoms with van der Waals surface area (Å²) in [5.41, 5.74) is 0.488. The van der Waals surface area contributed by atoms with Gasteiger partial charge in [-0.2, -0.15) is 0 Å². The van der Waals surface area contributed by atoms with Crippen LogP contribution in [0.5, 0.6) is 34.5 Å². The third-order valence-corrected chi connectivity index (χ3v) is 13.5. The molecule has 4 atom stereocenters. The Kier molecular flexibility index (Phi) is 29.8. The first-order valence-electron chi connectivity index (χ1n) is 30.0. The minimum Gasteiger partial charge on any atom is -0.507 e. The van der Waals surface area contributed by atoms with Crippen LogP contribution in [0.25, 0.3) is 34.2 Å². The number of hydrogen-bond donors (Lipinski definition) is 2. The molecule has 0 aliphatic heterocycles. The summed E-state index contributed by atoms with van der Waals surface area (Å²) >= 11 is 0. The first kappa shape index (κ1) is 67.9. The molecule has 1 aromatic heterocycles. The average molecular weight is 1140 g/mol. The van der Waals surface area contributed by atoms with E-state index in [0.717, 1.165) is 96.3 Å². The van der Waals surface area contributed by atoms with Crippen LogP contribution in [-0.4, -0.2) is 99.9 Å². The van der Waals surface area contributed by atoms with E-state index in [9.17, 15) is 29.4 Å². The van der Waals surface area contributed by atoms with Gasteiger partial charge in [-0.1, -0.05) is 132 Å². The monoisotopic (exact) mass is 1140 g/mol. The molecule has 4 unspecified atom stereocenters. The molecule has 0 spiro atoms. The number of aromatic hydroxyl groups is 2. The Hall–Kier alpha value is -6.65. The highest BCUT2D eigenvalue weighted by atomic mass is 16.6. The summed E-state index contributed by atoms with van der Waals surface area (Å²) in [6, 6.07) is 13.5. The fourth-order valence-electron chi connectivity index (χ4n) is 8.62. The third-order valence-electron chi connectivity index (χ3n) is 13.5. The smallest absolute Gasteiger partial charge is 0.347 e. The molecule has 0 aliphatic carbocycles. The van der Waals surface area contributed by atoms with E-state index in [2.05, 4.69) is 55.4 Å². The zero-order valence-corrected chi connectivity index (χ0v) is 51.1. The number of ether oxygens (including phenoxy) is 8. The summed E-state index contributed by atoms with van der Waals surface area (Å²) in [4.78, 5) is 66.8. The van der Waals surface area contributed by atoms with E-state index in [4.69, 9.17) is 52.8 Å². The molecule has 2 N–H and O–H groups in total. The number of aromatic nitrogens is 3. The van der Waals surface area contributed by atoms with Crippen LogP contribution >= 0.6 is 0 Å². The normalized spacial score (nSPS) is 12.9. The van der Waals surface area contributed by atoms with Gasteiger partial charge in [-0.25, -0.2) is 34.1 Å². The Labute approximate surface area is 487 Å². The van der Waals surface area contributed by atoms with Gasteiger partial charge >= 0.3 is 23.9 Å². The Morgan fingerprint density at radius 1 is 0.354 bits per heavy atom. The lowest BCUT2D eigenvalue weighted by Crippen LogP contribution is -2.27. The van der Waals surface area contributed by atoms with Crippen LogP contribution in [0.3, 0.4) is 0 Å². The van der Waals surface area contributed by atoms with E-state index in [0.29, 0.717) is 30.1 Å². The lowest BCUT2D eigenvalue weighted by molar-refractivity contribution is -0.152. The van der Waals surface area contributed by atoms with Crippen molar-refractivity contribution in [1.29, 1.82) is 0 Å². The molecule has 17 nitrogen and oxygen atoms in total. The van der Waals surface area contributed by atoms with E-state index >= 15 is 0 Å². The number of esters is 4. The van der Waals surface area contributed by atoms with E-state index in [-0.39, 0.29) is 95.1 Å². The second-order valence-corrected chi connectivity index (χ2v) is 23.0. The number of unbranched alkanes of at least 4 members (excludes halogenated alkanes) is 8. The van der Waals surface area contributed by atoms with Crippen LogP contribution in [-0.2, 0) is 38.1 Å². The molecule has 0 aliphatic rings. The van der Waals surface area contributed by atoms with Gasteiger partial charge in [0.15, 0.2) is 41.9 Å². The molecule has 1 heterocycles. The van der Waals surface area contributed by atoms with Crippen LogP contribution in [0.2, 0.25) is 0 Å². The molecular formula is C65H95N3O14. The largest absolute Gasteiger partial charge is 0.507 e. The molecule has 4 aromatic rings. The number of hydrogen-bond acceptors (Lipinski definition) is 17. The second kappa shape index (κ2) is 36.0. The summed E-state index contributed by atoms with van der Waals surface area (Å²) in [7, 11) is 0. The molecule has 0 saturated heterocycles. The van der Waals surface area contributed by atoms with Crippen molar-refractivity contribution < 1.29 is 67.3 Å². The Balaban J connectivity index is 1.72. The third kappa shape index (κ3) is 24.8. The van der Waals surface area contributed by atoms with Gasteiger partial charge in [0.25, 0.3) is 0 Å². The topological polar surface area (TPSA) is 221 Å². The van der Waals surface area contributed by atoms with Crippen LogP contribution < -0.4 is 18.9 Å². The molecule has 0 saturated carbocycles. The number of carbonyl (C=O) groups excluding carboxylic acids is 4. The summed E-state index contributed by atoms with van der Waals surface area (Å²) in [5, 5.41) is 23.3. The molecule has 0 bridgehead atoms. The van der Waals surface area contributed by atoms with Gasteiger partial charge in [-0.05, 0) is 113 Å². The molecule has 0 amide bonds. The van der Waals surface area contributed by atoms with Gasteiger partial charge in [0, 0.05) is 18.2 Å². The van der Waals surface area contributed by atoms with E-state index in [1.807, 2.05) is 0 Å². The van der Waals surface area contributed by atoms with E-state index in [1.54, 1.807) is 52.0 Å². The molecule has 0 radical (unpaired) electrons. The SMILES string of the molecule is CC(C)CCCCCOC(=O)C(C)Oc1ccc(-c2nc(-c3ccc(OC(C)C(=O)OCCCCCC(C)C)cc3O)nc(-c3ccc(OC(C)C(=O)OCCCCCC(C)C)cc3OC(C)C(=O)OCCCCCC(C)C)n2)c(O)c1. The van der Waals surface area contributed by atoms with E-state index in [1.165, 1.54) is 30.3 Å². The summed E-state index contributed by atoms with van der Waals surface area (Å²) in [6.07, 6.45) is 11.1. The first-order valence-corrected chi connectivity index (χ1v) is 30.0. The van der Waals surface area contributed by atoms with Gasteiger partial charge in [0.05, 0.1) is 43.1 Å². The fourth-order valence-corrected chi connectivity index (χ4v) is 8.62. The molecule has 82 heavy (non-hydrogen) atoms. The molecule has 4 rings (SSSR count). The van der Waals surface area contributed by atoms with Crippen molar-refractivity contribution in [2.75, 3.05) is 26.4 Å². The number of rotatable bonds is 39.